The van der Waals surface area contributed by atoms with Crippen LogP contribution in [-0.4, -0.2) is 29.9 Å². The van der Waals surface area contributed by atoms with Crippen molar-refractivity contribution in [3.8, 4) is 5.75 Å². The van der Waals surface area contributed by atoms with Gasteiger partial charge >= 0.3 is 0 Å². The van der Waals surface area contributed by atoms with E-state index in [2.05, 4.69) is 5.32 Å². The Morgan fingerprint density at radius 2 is 1.81 bits per heavy atom. The maximum absolute atomic E-state index is 12.3. The fraction of sp³-hybridized carbons (Fsp3) is 0.300. The Morgan fingerprint density at radius 3 is 2.46 bits per heavy atom. The maximum atomic E-state index is 12.3. The van der Waals surface area contributed by atoms with E-state index in [1.165, 1.54) is 6.92 Å². The van der Waals surface area contributed by atoms with Crippen LogP contribution in [0.2, 0.25) is 5.02 Å². The van der Waals surface area contributed by atoms with Crippen molar-refractivity contribution in [2.45, 2.75) is 26.8 Å². The van der Waals surface area contributed by atoms with E-state index in [4.69, 9.17) is 16.3 Å². The number of anilines is 1. The highest BCUT2D eigenvalue weighted by Crippen LogP contribution is 2.23. The van der Waals surface area contributed by atoms with E-state index in [1.807, 2.05) is 37.3 Å². The SMILES string of the molecule is CCOc1ccccc1NC(=O)CCN(Cc1ccc(Cl)cc1)C(C)=O. The summed E-state index contributed by atoms with van der Waals surface area (Å²) in [6.45, 7) is 4.68. The lowest BCUT2D eigenvalue weighted by atomic mass is 10.2. The van der Waals surface area contributed by atoms with E-state index in [-0.39, 0.29) is 18.2 Å². The number of nitrogens with one attached hydrogen (secondary N) is 1. The summed E-state index contributed by atoms with van der Waals surface area (Å²) in [5, 5.41) is 3.49. The largest absolute Gasteiger partial charge is 0.492 e. The number of rotatable bonds is 8. The minimum Gasteiger partial charge on any atom is -0.492 e. The summed E-state index contributed by atoms with van der Waals surface area (Å²) in [6, 6.07) is 14.6. The molecule has 0 fully saturated rings. The fourth-order valence-corrected chi connectivity index (χ4v) is 2.58. The Kier molecular flexibility index (Phi) is 7.48. The summed E-state index contributed by atoms with van der Waals surface area (Å²) in [7, 11) is 0. The number of ether oxygens (including phenoxy) is 1. The molecule has 2 rings (SSSR count). The Balaban J connectivity index is 1.93. The molecule has 2 aromatic carbocycles. The van der Waals surface area contributed by atoms with Crippen LogP contribution in [0.1, 0.15) is 25.8 Å². The van der Waals surface area contributed by atoms with Crippen molar-refractivity contribution < 1.29 is 14.3 Å². The molecule has 1 N–H and O–H groups in total. The summed E-state index contributed by atoms with van der Waals surface area (Å²) in [6.07, 6.45) is 0.202. The van der Waals surface area contributed by atoms with Crippen molar-refractivity contribution >= 4 is 29.1 Å². The molecule has 0 saturated carbocycles. The lowest BCUT2D eigenvalue weighted by molar-refractivity contribution is -0.129. The summed E-state index contributed by atoms with van der Waals surface area (Å²) in [5.74, 6) is 0.384. The van der Waals surface area contributed by atoms with Crippen LogP contribution in [0.15, 0.2) is 48.5 Å². The van der Waals surface area contributed by atoms with Crippen LogP contribution in [0.5, 0.6) is 5.75 Å². The molecule has 5 nitrogen and oxygen atoms in total. The van der Waals surface area contributed by atoms with E-state index >= 15 is 0 Å². The van der Waals surface area contributed by atoms with E-state index in [1.54, 1.807) is 23.1 Å². The highest BCUT2D eigenvalue weighted by atomic mass is 35.5. The van der Waals surface area contributed by atoms with Gasteiger partial charge in [0.2, 0.25) is 11.8 Å². The van der Waals surface area contributed by atoms with Crippen molar-refractivity contribution in [1.29, 1.82) is 0 Å². The van der Waals surface area contributed by atoms with Crippen LogP contribution in [0.3, 0.4) is 0 Å². The second-order valence-corrected chi connectivity index (χ2v) is 6.23. The molecule has 0 spiro atoms. The highest BCUT2D eigenvalue weighted by Gasteiger charge is 2.13. The minimum atomic E-state index is -0.167. The quantitative estimate of drug-likeness (QED) is 0.756. The first kappa shape index (κ1) is 19.8. The van der Waals surface area contributed by atoms with Crippen LogP contribution >= 0.6 is 11.6 Å². The summed E-state index contributed by atoms with van der Waals surface area (Å²) in [4.78, 5) is 25.8. The molecule has 0 radical (unpaired) electrons. The van der Waals surface area contributed by atoms with Gasteiger partial charge in [-0.25, -0.2) is 0 Å². The first-order chi connectivity index (χ1) is 12.5. The molecular weight excluding hydrogens is 352 g/mol. The molecule has 0 unspecified atom stereocenters. The molecule has 0 heterocycles. The van der Waals surface area contributed by atoms with Crippen LogP contribution in [0, 0.1) is 0 Å². The first-order valence-electron chi connectivity index (χ1n) is 8.51. The van der Waals surface area contributed by atoms with Crippen molar-refractivity contribution in [2.24, 2.45) is 0 Å². The van der Waals surface area contributed by atoms with Crippen LogP contribution in [-0.2, 0) is 16.1 Å². The molecule has 2 amide bonds. The molecule has 2 aromatic rings. The third kappa shape index (κ3) is 6.08. The zero-order valence-corrected chi connectivity index (χ0v) is 15.8. The number of carbonyl (C=O) groups is 2. The average molecular weight is 375 g/mol. The van der Waals surface area contributed by atoms with Crippen molar-refractivity contribution in [2.75, 3.05) is 18.5 Å². The molecule has 6 heteroatoms. The second kappa shape index (κ2) is 9.82. The van der Waals surface area contributed by atoms with Crippen molar-refractivity contribution in [1.82, 2.24) is 4.90 Å². The number of benzene rings is 2. The predicted molar refractivity (Wildman–Crippen MR) is 103 cm³/mol. The summed E-state index contributed by atoms with van der Waals surface area (Å²) < 4.78 is 5.50. The minimum absolute atomic E-state index is 0.0810. The van der Waals surface area contributed by atoms with Gasteiger partial charge in [0.25, 0.3) is 0 Å². The number of halogens is 1. The standard InChI is InChI=1S/C20H23ClN2O3/c1-3-26-19-7-5-4-6-18(19)22-20(25)12-13-23(15(2)24)14-16-8-10-17(21)11-9-16/h4-11H,3,12-14H2,1-2H3,(H,22,25). The zero-order chi connectivity index (χ0) is 18.9. The molecule has 0 aliphatic heterocycles. The highest BCUT2D eigenvalue weighted by molar-refractivity contribution is 6.30. The number of para-hydroxylation sites is 2. The smallest absolute Gasteiger partial charge is 0.226 e. The lowest BCUT2D eigenvalue weighted by Gasteiger charge is -2.21. The van der Waals surface area contributed by atoms with Gasteiger partial charge in [0.15, 0.2) is 0 Å². The van der Waals surface area contributed by atoms with Gasteiger partial charge in [0.05, 0.1) is 12.3 Å². The second-order valence-electron chi connectivity index (χ2n) is 5.79. The first-order valence-corrected chi connectivity index (χ1v) is 8.89. The Bertz CT molecular complexity index is 747. The third-order valence-electron chi connectivity index (χ3n) is 3.80. The molecule has 0 aliphatic rings. The van der Waals surface area contributed by atoms with E-state index in [0.717, 1.165) is 5.56 Å². The molecule has 0 aromatic heterocycles. The molecule has 0 saturated heterocycles. The molecule has 138 valence electrons. The maximum Gasteiger partial charge on any atom is 0.226 e. The van der Waals surface area contributed by atoms with Gasteiger partial charge in [-0.1, -0.05) is 35.9 Å². The Morgan fingerprint density at radius 1 is 1.12 bits per heavy atom. The number of hydrogen-bond acceptors (Lipinski definition) is 3. The number of hydrogen-bond donors (Lipinski definition) is 1. The van der Waals surface area contributed by atoms with Crippen molar-refractivity contribution in [3.63, 3.8) is 0 Å². The molecule has 0 aliphatic carbocycles. The normalized spacial score (nSPS) is 10.3. The van der Waals surface area contributed by atoms with Gasteiger partial charge in [-0.2, -0.15) is 0 Å². The number of amides is 2. The molecule has 26 heavy (non-hydrogen) atoms. The Labute approximate surface area is 158 Å². The fourth-order valence-electron chi connectivity index (χ4n) is 2.46. The van der Waals surface area contributed by atoms with Gasteiger partial charge < -0.3 is 15.0 Å². The zero-order valence-electron chi connectivity index (χ0n) is 15.0. The number of carbonyl (C=O) groups excluding carboxylic acids is 2. The third-order valence-corrected chi connectivity index (χ3v) is 4.05. The summed E-state index contributed by atoms with van der Waals surface area (Å²) in [5.41, 5.74) is 1.60. The van der Waals surface area contributed by atoms with Crippen molar-refractivity contribution in [3.05, 3.63) is 59.1 Å². The van der Waals surface area contributed by atoms with Crippen LogP contribution < -0.4 is 10.1 Å². The molecular formula is C20H23ClN2O3. The molecule has 0 atom stereocenters. The topological polar surface area (TPSA) is 58.6 Å². The number of nitrogens with zero attached hydrogens (tertiary/aromatic N) is 1. The van der Waals surface area contributed by atoms with Gasteiger partial charge in [-0.15, -0.1) is 0 Å². The van der Waals surface area contributed by atoms with Gasteiger partial charge in [-0.3, -0.25) is 9.59 Å². The van der Waals surface area contributed by atoms with Gasteiger partial charge in [-0.05, 0) is 36.8 Å². The lowest BCUT2D eigenvalue weighted by Crippen LogP contribution is -2.31. The Hall–Kier alpha value is -2.53. The summed E-state index contributed by atoms with van der Waals surface area (Å²) >= 11 is 5.88. The van der Waals surface area contributed by atoms with Crippen LogP contribution in [0.4, 0.5) is 5.69 Å². The van der Waals surface area contributed by atoms with Crippen LogP contribution in [0.25, 0.3) is 0 Å². The van der Waals surface area contributed by atoms with E-state index in [9.17, 15) is 9.59 Å². The molecule has 0 bridgehead atoms. The predicted octanol–water partition coefficient (Wildman–Crippen LogP) is 4.12. The van der Waals surface area contributed by atoms with E-state index < -0.39 is 0 Å². The van der Waals surface area contributed by atoms with E-state index in [0.29, 0.717) is 36.2 Å². The van der Waals surface area contributed by atoms with Gasteiger partial charge in [0.1, 0.15) is 5.75 Å². The average Bonchev–Trinajstić information content (AvgIpc) is 2.62. The monoisotopic (exact) mass is 374 g/mol. The van der Waals surface area contributed by atoms with Gasteiger partial charge in [0, 0.05) is 31.5 Å².